The van der Waals surface area contributed by atoms with Crippen molar-refractivity contribution < 1.29 is 13.3 Å². The molecule has 0 saturated heterocycles. The van der Waals surface area contributed by atoms with Gasteiger partial charge in [-0.05, 0) is 37.5 Å². The number of H-pyrrole nitrogens is 1. The molecule has 1 heterocycles. The average molecular weight is 484 g/mol. The first-order valence-electron chi connectivity index (χ1n) is 11.9. The lowest BCUT2D eigenvalue weighted by atomic mass is 10.1. The zero-order valence-corrected chi connectivity index (χ0v) is 20.7. The summed E-state index contributed by atoms with van der Waals surface area (Å²) >= 11 is 0. The predicted molar refractivity (Wildman–Crippen MR) is 137 cm³/mol. The van der Waals surface area contributed by atoms with Gasteiger partial charge in [0.05, 0.1) is 15.5 Å². The molecule has 34 heavy (non-hydrogen) atoms. The number of nitro groups is 1. The Labute approximate surface area is 201 Å². The Balaban J connectivity index is 2.08. The normalized spacial score (nSPS) is 12.2. The van der Waals surface area contributed by atoms with E-state index in [2.05, 4.69) is 11.9 Å². The number of non-ortho nitro benzene ring substituents is 1. The molecule has 0 amide bonds. The van der Waals surface area contributed by atoms with E-state index < -0.39 is 14.9 Å². The molecule has 0 spiro atoms. The highest BCUT2D eigenvalue weighted by molar-refractivity contribution is 7.89. The van der Waals surface area contributed by atoms with Crippen LogP contribution in [-0.4, -0.2) is 29.2 Å². The van der Waals surface area contributed by atoms with Gasteiger partial charge < -0.3 is 4.98 Å². The van der Waals surface area contributed by atoms with Crippen LogP contribution in [0.5, 0.6) is 0 Å². The number of nitrogens with one attached hydrogen (secondary N) is 1. The van der Waals surface area contributed by atoms with Crippen LogP contribution in [0.2, 0.25) is 0 Å². The molecule has 0 bridgehead atoms. The number of hydrogen-bond acceptors (Lipinski definition) is 4. The van der Waals surface area contributed by atoms with E-state index in [1.165, 1.54) is 28.6 Å². The molecule has 1 aromatic heterocycles. The van der Waals surface area contributed by atoms with Crippen LogP contribution < -0.4 is 0 Å². The Kier molecular flexibility index (Phi) is 8.87. The number of nitro benzene ring substituents is 1. The highest BCUT2D eigenvalue weighted by Gasteiger charge is 2.28. The third kappa shape index (κ3) is 5.86. The van der Waals surface area contributed by atoms with E-state index >= 15 is 0 Å². The number of rotatable bonds is 13. The van der Waals surface area contributed by atoms with Gasteiger partial charge in [-0.1, -0.05) is 63.8 Å². The molecule has 3 rings (SSSR count). The van der Waals surface area contributed by atoms with Gasteiger partial charge in [0.15, 0.2) is 0 Å². The van der Waals surface area contributed by atoms with Crippen LogP contribution in [-0.2, 0) is 10.0 Å². The van der Waals surface area contributed by atoms with Crippen LogP contribution in [0.3, 0.4) is 0 Å². The molecular formula is C26H33N3O4S. The Morgan fingerprint density at radius 3 is 2.38 bits per heavy atom. The lowest BCUT2D eigenvalue weighted by Gasteiger charge is -2.27. The maximum Gasteiger partial charge on any atom is 0.269 e. The topological polar surface area (TPSA) is 96.3 Å². The minimum absolute atomic E-state index is 0.0472. The van der Waals surface area contributed by atoms with Crippen LogP contribution in [0.1, 0.15) is 64.4 Å². The number of nitrogens with zero attached hydrogens (tertiary/aromatic N) is 2. The number of sulfonamides is 1. The predicted octanol–water partition coefficient (Wildman–Crippen LogP) is 6.88. The molecule has 0 unspecified atom stereocenters. The second-order valence-corrected chi connectivity index (χ2v) is 10.2. The fourth-order valence-electron chi connectivity index (χ4n) is 3.98. The Morgan fingerprint density at radius 2 is 1.71 bits per heavy atom. The van der Waals surface area contributed by atoms with Gasteiger partial charge in [0.2, 0.25) is 0 Å². The summed E-state index contributed by atoms with van der Waals surface area (Å²) in [5, 5.41) is 12.0. The minimum Gasteiger partial charge on any atom is -0.360 e. The summed E-state index contributed by atoms with van der Waals surface area (Å²) in [7, 11) is -3.93. The van der Waals surface area contributed by atoms with E-state index in [-0.39, 0.29) is 10.6 Å². The molecule has 8 heteroatoms. The van der Waals surface area contributed by atoms with Gasteiger partial charge in [-0.2, -0.15) is 0 Å². The molecule has 182 valence electrons. The summed E-state index contributed by atoms with van der Waals surface area (Å²) in [5.74, 6) is 0. The average Bonchev–Trinajstić information content (AvgIpc) is 3.26. The number of hydrogen-bond donors (Lipinski definition) is 1. The number of fused-ring (bicyclic) bond motifs is 1. The van der Waals surface area contributed by atoms with Crippen LogP contribution in [0.25, 0.3) is 16.6 Å². The molecule has 0 fully saturated rings. The maximum atomic E-state index is 13.8. The quantitative estimate of drug-likeness (QED) is 0.163. The van der Waals surface area contributed by atoms with E-state index in [1.807, 2.05) is 43.5 Å². The molecule has 7 nitrogen and oxygen atoms in total. The summed E-state index contributed by atoms with van der Waals surface area (Å²) in [6, 6.07) is 13.0. The molecule has 0 saturated carbocycles. The molecule has 0 radical (unpaired) electrons. The van der Waals surface area contributed by atoms with Crippen molar-refractivity contribution in [2.24, 2.45) is 0 Å². The van der Waals surface area contributed by atoms with Gasteiger partial charge in [0.1, 0.15) is 0 Å². The van der Waals surface area contributed by atoms with Crippen LogP contribution in [0, 0.1) is 10.1 Å². The summed E-state index contributed by atoms with van der Waals surface area (Å²) in [5.41, 5.74) is 2.30. The second-order valence-electron chi connectivity index (χ2n) is 8.37. The Hall–Kier alpha value is -3.13. The molecule has 0 atom stereocenters. The fourth-order valence-corrected chi connectivity index (χ4v) is 5.51. The second kappa shape index (κ2) is 11.8. The molecule has 1 N–H and O–H groups in total. The van der Waals surface area contributed by atoms with Gasteiger partial charge in [0, 0.05) is 41.3 Å². The van der Waals surface area contributed by atoms with Crippen molar-refractivity contribution in [3.8, 4) is 0 Å². The third-order valence-corrected chi connectivity index (χ3v) is 7.71. The molecule has 2 aromatic carbocycles. The Bertz CT molecular complexity index is 1230. The lowest BCUT2D eigenvalue weighted by Crippen LogP contribution is -2.31. The highest BCUT2D eigenvalue weighted by Crippen LogP contribution is 2.33. The molecule has 0 aliphatic carbocycles. The van der Waals surface area contributed by atoms with E-state index in [0.29, 0.717) is 18.7 Å². The van der Waals surface area contributed by atoms with Crippen molar-refractivity contribution in [1.82, 2.24) is 9.29 Å². The van der Waals surface area contributed by atoms with Crippen molar-refractivity contribution >= 4 is 32.3 Å². The van der Waals surface area contributed by atoms with E-state index in [1.54, 1.807) is 0 Å². The molecule has 0 aliphatic rings. The molecule has 0 aliphatic heterocycles. The van der Waals surface area contributed by atoms with Crippen molar-refractivity contribution in [2.45, 2.75) is 63.7 Å². The van der Waals surface area contributed by atoms with Crippen LogP contribution in [0.4, 0.5) is 5.69 Å². The van der Waals surface area contributed by atoms with Gasteiger partial charge in [-0.25, -0.2) is 8.42 Å². The Morgan fingerprint density at radius 1 is 1.00 bits per heavy atom. The first kappa shape index (κ1) is 25.5. The zero-order valence-electron chi connectivity index (χ0n) is 19.9. The number of para-hydroxylation sites is 1. The minimum atomic E-state index is -3.93. The van der Waals surface area contributed by atoms with Gasteiger partial charge in [-0.15, -0.1) is 0 Å². The standard InChI is InChI=1S/C26H33N3O4S/c1-3-5-7-8-9-14-26(24-20-27-25-13-11-10-12-23(24)25)28(19-6-4-2)34(32,33)22-17-15-21(16-18-22)29(30)31/h10-18,20,27H,3-9,19H2,1-2H3/b26-14-. The maximum absolute atomic E-state index is 13.8. The van der Waals surface area contributed by atoms with Crippen LogP contribution in [0.15, 0.2) is 65.7 Å². The number of aromatic amines is 1. The number of benzene rings is 2. The third-order valence-electron chi connectivity index (χ3n) is 5.88. The number of aromatic nitrogens is 1. The summed E-state index contributed by atoms with van der Waals surface area (Å²) in [6.45, 7) is 4.52. The van der Waals surface area contributed by atoms with Gasteiger partial charge in [0.25, 0.3) is 15.7 Å². The summed E-state index contributed by atoms with van der Waals surface area (Å²) in [6.07, 6.45) is 10.6. The first-order valence-corrected chi connectivity index (χ1v) is 13.4. The van der Waals surface area contributed by atoms with E-state index in [9.17, 15) is 18.5 Å². The fraction of sp³-hybridized carbons (Fsp3) is 0.385. The molecular weight excluding hydrogens is 450 g/mol. The summed E-state index contributed by atoms with van der Waals surface area (Å²) < 4.78 is 29.1. The number of unbranched alkanes of at least 4 members (excludes halogenated alkanes) is 5. The lowest BCUT2D eigenvalue weighted by molar-refractivity contribution is -0.384. The summed E-state index contributed by atoms with van der Waals surface area (Å²) in [4.78, 5) is 13.8. The van der Waals surface area contributed by atoms with Crippen molar-refractivity contribution in [2.75, 3.05) is 6.54 Å². The smallest absolute Gasteiger partial charge is 0.269 e. The monoisotopic (exact) mass is 483 g/mol. The first-order chi connectivity index (χ1) is 16.4. The van der Waals surface area contributed by atoms with Crippen molar-refractivity contribution in [3.05, 3.63) is 76.5 Å². The van der Waals surface area contributed by atoms with Crippen molar-refractivity contribution in [1.29, 1.82) is 0 Å². The van der Waals surface area contributed by atoms with Gasteiger partial charge >= 0.3 is 0 Å². The SMILES string of the molecule is CCCCCC/C=C(/c1c[nH]c2ccccc12)N(CCCC)S(=O)(=O)c1ccc([N+](=O)[O-])cc1. The number of allylic oxidation sites excluding steroid dienone is 1. The van der Waals surface area contributed by atoms with Crippen molar-refractivity contribution in [3.63, 3.8) is 0 Å². The van der Waals surface area contributed by atoms with Gasteiger partial charge in [-0.3, -0.25) is 14.4 Å². The van der Waals surface area contributed by atoms with E-state index in [0.717, 1.165) is 55.0 Å². The highest BCUT2D eigenvalue weighted by atomic mass is 32.2. The van der Waals surface area contributed by atoms with Crippen LogP contribution >= 0.6 is 0 Å². The largest absolute Gasteiger partial charge is 0.360 e. The zero-order chi connectivity index (χ0) is 24.6. The molecule has 3 aromatic rings. The van der Waals surface area contributed by atoms with E-state index in [4.69, 9.17) is 0 Å².